The molecule has 0 heterocycles. The molecule has 0 saturated heterocycles. The van der Waals surface area contributed by atoms with Crippen LogP contribution in [0.15, 0.2) is 0 Å². The van der Waals surface area contributed by atoms with Crippen molar-refractivity contribution >= 4 is 7.26 Å². The molecule has 58 valence electrons. The SMILES string of the molecule is C[PH](C)(C)CC(O)CO. The van der Waals surface area contributed by atoms with Crippen LogP contribution in [0.4, 0.5) is 0 Å². The standard InChI is InChI=1S/C6H17O2P/c1-9(2,3)5-6(8)4-7/h6-9H,4-5H2,1-3H3. The fraction of sp³-hybridized carbons (Fsp3) is 1.00. The van der Waals surface area contributed by atoms with Crippen LogP contribution in [0.3, 0.4) is 0 Å². The zero-order valence-electron chi connectivity index (χ0n) is 6.39. The summed E-state index contributed by atoms with van der Waals surface area (Å²) in [6, 6.07) is 0. The van der Waals surface area contributed by atoms with Gasteiger partial charge >= 0.3 is 56.3 Å². The van der Waals surface area contributed by atoms with E-state index in [1.165, 1.54) is 0 Å². The van der Waals surface area contributed by atoms with E-state index in [9.17, 15) is 0 Å². The summed E-state index contributed by atoms with van der Waals surface area (Å²) in [7, 11) is -1.15. The van der Waals surface area contributed by atoms with Crippen molar-refractivity contribution in [1.82, 2.24) is 0 Å². The zero-order chi connectivity index (χ0) is 7.49. The molecular weight excluding hydrogens is 135 g/mol. The van der Waals surface area contributed by atoms with Gasteiger partial charge in [0.1, 0.15) is 0 Å². The third kappa shape index (κ3) is 6.23. The molecule has 0 amide bonds. The fourth-order valence-electron chi connectivity index (χ4n) is 0.771. The zero-order valence-corrected chi connectivity index (χ0v) is 7.39. The van der Waals surface area contributed by atoms with Crippen LogP contribution in [0, 0.1) is 0 Å². The molecule has 0 fully saturated rings. The molecule has 0 bridgehead atoms. The van der Waals surface area contributed by atoms with Gasteiger partial charge in [0, 0.05) is 0 Å². The van der Waals surface area contributed by atoms with Crippen molar-refractivity contribution in [3.8, 4) is 0 Å². The molecule has 0 aromatic carbocycles. The monoisotopic (exact) mass is 152 g/mol. The molecule has 0 radical (unpaired) electrons. The van der Waals surface area contributed by atoms with E-state index in [1.807, 2.05) is 0 Å². The average Bonchev–Trinajstić information content (AvgIpc) is 1.62. The Labute approximate surface area is 57.2 Å². The minimum atomic E-state index is -1.15. The normalized spacial score (nSPS) is 17.4. The van der Waals surface area contributed by atoms with Crippen LogP contribution in [0.1, 0.15) is 0 Å². The van der Waals surface area contributed by atoms with Crippen LogP contribution < -0.4 is 0 Å². The van der Waals surface area contributed by atoms with Crippen molar-refractivity contribution < 1.29 is 10.2 Å². The van der Waals surface area contributed by atoms with Crippen molar-refractivity contribution in [1.29, 1.82) is 0 Å². The molecule has 0 aliphatic carbocycles. The number of hydrogen-bond donors (Lipinski definition) is 2. The molecule has 0 aromatic heterocycles. The van der Waals surface area contributed by atoms with Gasteiger partial charge in [-0.1, -0.05) is 0 Å². The van der Waals surface area contributed by atoms with Crippen molar-refractivity contribution in [2.45, 2.75) is 6.10 Å². The first-order chi connectivity index (χ1) is 3.95. The second-order valence-electron chi connectivity index (χ2n) is 3.60. The van der Waals surface area contributed by atoms with Gasteiger partial charge in [-0.05, 0) is 0 Å². The van der Waals surface area contributed by atoms with E-state index in [0.29, 0.717) is 0 Å². The van der Waals surface area contributed by atoms with Gasteiger partial charge in [-0.3, -0.25) is 0 Å². The van der Waals surface area contributed by atoms with E-state index < -0.39 is 13.4 Å². The van der Waals surface area contributed by atoms with Gasteiger partial charge in [0.15, 0.2) is 0 Å². The number of hydrogen-bond acceptors (Lipinski definition) is 2. The van der Waals surface area contributed by atoms with E-state index in [1.54, 1.807) is 0 Å². The Morgan fingerprint density at radius 1 is 1.33 bits per heavy atom. The van der Waals surface area contributed by atoms with Crippen LogP contribution >= 0.6 is 7.26 Å². The Bertz CT molecular complexity index is 77.6. The van der Waals surface area contributed by atoms with Crippen LogP contribution in [0.2, 0.25) is 0 Å². The summed E-state index contributed by atoms with van der Waals surface area (Å²) in [6.07, 6.45) is 0.306. The van der Waals surface area contributed by atoms with E-state index in [-0.39, 0.29) is 6.61 Å². The van der Waals surface area contributed by atoms with Gasteiger partial charge < -0.3 is 0 Å². The predicted octanol–water partition coefficient (Wildman–Crippen LogP) is -0.0211. The number of rotatable bonds is 3. The molecular formula is C6H17O2P. The summed E-state index contributed by atoms with van der Waals surface area (Å²) in [4.78, 5) is 0. The van der Waals surface area contributed by atoms with Crippen LogP contribution in [-0.4, -0.2) is 49.1 Å². The third-order valence-corrected chi connectivity index (χ3v) is 2.75. The number of aliphatic hydroxyl groups is 2. The summed E-state index contributed by atoms with van der Waals surface area (Å²) in [5.74, 6) is 0. The average molecular weight is 152 g/mol. The van der Waals surface area contributed by atoms with Crippen molar-refractivity contribution in [3.63, 3.8) is 0 Å². The Morgan fingerprint density at radius 3 is 1.89 bits per heavy atom. The molecule has 0 spiro atoms. The molecule has 9 heavy (non-hydrogen) atoms. The first kappa shape index (κ1) is 9.35. The summed E-state index contributed by atoms with van der Waals surface area (Å²) < 4.78 is 0. The first-order valence-corrected chi connectivity index (χ1v) is 6.95. The van der Waals surface area contributed by atoms with Gasteiger partial charge in [0.05, 0.1) is 0 Å². The molecule has 2 N–H and O–H groups in total. The Hall–Kier alpha value is 0.350. The van der Waals surface area contributed by atoms with Gasteiger partial charge in [-0.2, -0.15) is 0 Å². The van der Waals surface area contributed by atoms with Gasteiger partial charge in [-0.25, -0.2) is 0 Å². The summed E-state index contributed by atoms with van der Waals surface area (Å²) in [5, 5.41) is 17.4. The molecule has 0 rings (SSSR count). The van der Waals surface area contributed by atoms with E-state index >= 15 is 0 Å². The molecule has 2 nitrogen and oxygen atoms in total. The fourth-order valence-corrected chi connectivity index (χ4v) is 2.31. The molecule has 0 aliphatic heterocycles. The van der Waals surface area contributed by atoms with Crippen molar-refractivity contribution in [3.05, 3.63) is 0 Å². The van der Waals surface area contributed by atoms with Crippen molar-refractivity contribution in [2.75, 3.05) is 32.8 Å². The molecule has 3 heteroatoms. The minimum absolute atomic E-state index is 0.0930. The van der Waals surface area contributed by atoms with Crippen LogP contribution in [0.5, 0.6) is 0 Å². The Morgan fingerprint density at radius 2 is 1.78 bits per heavy atom. The Balaban J connectivity index is 3.47. The van der Waals surface area contributed by atoms with Gasteiger partial charge in [0.25, 0.3) is 0 Å². The number of aliphatic hydroxyl groups excluding tert-OH is 2. The second-order valence-corrected chi connectivity index (χ2v) is 9.13. The summed E-state index contributed by atoms with van der Waals surface area (Å²) >= 11 is 0. The molecule has 0 saturated carbocycles. The maximum absolute atomic E-state index is 8.98. The summed E-state index contributed by atoms with van der Waals surface area (Å²) in [5.41, 5.74) is 0. The molecule has 1 unspecified atom stereocenters. The van der Waals surface area contributed by atoms with Crippen molar-refractivity contribution in [2.24, 2.45) is 0 Å². The molecule has 1 atom stereocenters. The predicted molar refractivity (Wildman–Crippen MR) is 44.0 cm³/mol. The molecule has 0 aromatic rings. The van der Waals surface area contributed by atoms with Crippen LogP contribution in [-0.2, 0) is 0 Å². The second kappa shape index (κ2) is 3.50. The molecule has 0 aliphatic rings. The van der Waals surface area contributed by atoms with Gasteiger partial charge in [-0.15, -0.1) is 0 Å². The Kier molecular flexibility index (Phi) is 3.64. The third-order valence-electron chi connectivity index (χ3n) is 1.06. The van der Waals surface area contributed by atoms with E-state index in [2.05, 4.69) is 20.0 Å². The first-order valence-electron chi connectivity index (χ1n) is 3.24. The van der Waals surface area contributed by atoms with E-state index in [4.69, 9.17) is 10.2 Å². The van der Waals surface area contributed by atoms with E-state index in [0.717, 1.165) is 6.16 Å². The van der Waals surface area contributed by atoms with Gasteiger partial charge in [0.2, 0.25) is 0 Å². The topological polar surface area (TPSA) is 40.5 Å². The quantitative estimate of drug-likeness (QED) is 0.558. The van der Waals surface area contributed by atoms with Crippen LogP contribution in [0.25, 0.3) is 0 Å². The maximum atomic E-state index is 8.98. The summed E-state index contributed by atoms with van der Waals surface area (Å²) in [6.45, 7) is 6.42.